The summed E-state index contributed by atoms with van der Waals surface area (Å²) < 4.78 is 5.42. The second-order valence-corrected chi connectivity index (χ2v) is 4.25. The molecule has 14 heavy (non-hydrogen) atoms. The summed E-state index contributed by atoms with van der Waals surface area (Å²) in [6, 6.07) is 0. The van der Waals surface area contributed by atoms with E-state index in [0.29, 0.717) is 0 Å². The highest BCUT2D eigenvalue weighted by molar-refractivity contribution is 4.76. The van der Waals surface area contributed by atoms with E-state index in [1.165, 1.54) is 6.42 Å². The van der Waals surface area contributed by atoms with Crippen LogP contribution in [-0.2, 0) is 4.74 Å². The lowest BCUT2D eigenvalue weighted by molar-refractivity contribution is 0.124. The normalized spacial score (nSPS) is 12.0. The first kappa shape index (κ1) is 13.9. The second kappa shape index (κ2) is 8.21. The van der Waals surface area contributed by atoms with Crippen molar-refractivity contribution in [2.24, 2.45) is 0 Å². The van der Waals surface area contributed by atoms with Crippen LogP contribution in [0.15, 0.2) is 0 Å². The van der Waals surface area contributed by atoms with Gasteiger partial charge in [-0.1, -0.05) is 13.3 Å². The molecule has 86 valence electrons. The molecule has 0 radical (unpaired) electrons. The summed E-state index contributed by atoms with van der Waals surface area (Å²) in [7, 11) is 0. The van der Waals surface area contributed by atoms with Crippen molar-refractivity contribution in [3.63, 3.8) is 0 Å². The molecule has 0 aliphatic carbocycles. The number of aliphatic hydroxyl groups excluding tert-OH is 1. The van der Waals surface area contributed by atoms with Crippen molar-refractivity contribution in [3.8, 4) is 0 Å². The van der Waals surface area contributed by atoms with E-state index in [1.54, 1.807) is 0 Å². The molecule has 3 heteroatoms. The monoisotopic (exact) mass is 203 g/mol. The van der Waals surface area contributed by atoms with Crippen LogP contribution in [0.5, 0.6) is 0 Å². The van der Waals surface area contributed by atoms with Crippen molar-refractivity contribution < 1.29 is 9.84 Å². The molecule has 0 heterocycles. The molecule has 3 nitrogen and oxygen atoms in total. The van der Waals surface area contributed by atoms with Crippen molar-refractivity contribution in [1.29, 1.82) is 0 Å². The lowest BCUT2D eigenvalue weighted by Gasteiger charge is -2.25. The van der Waals surface area contributed by atoms with E-state index in [4.69, 9.17) is 9.84 Å². The maximum Gasteiger partial charge on any atom is 0.0591 e. The first-order valence-corrected chi connectivity index (χ1v) is 5.56. The first-order valence-electron chi connectivity index (χ1n) is 5.56. The van der Waals surface area contributed by atoms with Gasteiger partial charge in [-0.25, -0.2) is 0 Å². The SMILES string of the molecule is CCCCOCCNC(C)(C)CCO. The van der Waals surface area contributed by atoms with Gasteiger partial charge in [-0.2, -0.15) is 0 Å². The topological polar surface area (TPSA) is 41.5 Å². The molecule has 0 aromatic heterocycles. The van der Waals surface area contributed by atoms with E-state index >= 15 is 0 Å². The number of hydrogen-bond donors (Lipinski definition) is 2. The standard InChI is InChI=1S/C11H25NO2/c1-4-5-9-14-10-7-12-11(2,3)6-8-13/h12-13H,4-10H2,1-3H3. The number of unbranched alkanes of at least 4 members (excludes halogenated alkanes) is 1. The third-order valence-electron chi connectivity index (χ3n) is 2.23. The molecule has 0 saturated carbocycles. The Morgan fingerprint density at radius 1 is 1.29 bits per heavy atom. The minimum absolute atomic E-state index is 0.0167. The third-order valence-corrected chi connectivity index (χ3v) is 2.23. The molecule has 0 aromatic rings. The van der Waals surface area contributed by atoms with E-state index < -0.39 is 0 Å². The van der Waals surface area contributed by atoms with Gasteiger partial charge in [0.1, 0.15) is 0 Å². The smallest absolute Gasteiger partial charge is 0.0591 e. The van der Waals surface area contributed by atoms with Gasteiger partial charge in [0.25, 0.3) is 0 Å². The van der Waals surface area contributed by atoms with Crippen LogP contribution in [0.3, 0.4) is 0 Å². The zero-order chi connectivity index (χ0) is 10.9. The van der Waals surface area contributed by atoms with E-state index in [1.807, 2.05) is 0 Å². The fraction of sp³-hybridized carbons (Fsp3) is 1.00. The number of aliphatic hydroxyl groups is 1. The summed E-state index contributed by atoms with van der Waals surface area (Å²) in [6.07, 6.45) is 3.10. The summed E-state index contributed by atoms with van der Waals surface area (Å²) >= 11 is 0. The van der Waals surface area contributed by atoms with Crippen molar-refractivity contribution >= 4 is 0 Å². The maximum atomic E-state index is 8.80. The maximum absolute atomic E-state index is 8.80. The van der Waals surface area contributed by atoms with Crippen LogP contribution in [0.1, 0.15) is 40.0 Å². The van der Waals surface area contributed by atoms with Crippen molar-refractivity contribution in [2.45, 2.75) is 45.6 Å². The number of hydrogen-bond acceptors (Lipinski definition) is 3. The summed E-state index contributed by atoms with van der Waals surface area (Å²) in [5.74, 6) is 0. The molecule has 2 N–H and O–H groups in total. The van der Waals surface area contributed by atoms with Crippen LogP contribution < -0.4 is 5.32 Å². The predicted molar refractivity (Wildman–Crippen MR) is 59.5 cm³/mol. The highest BCUT2D eigenvalue weighted by Gasteiger charge is 2.14. The first-order chi connectivity index (χ1) is 6.62. The summed E-state index contributed by atoms with van der Waals surface area (Å²) in [5, 5.41) is 12.2. The minimum Gasteiger partial charge on any atom is -0.396 e. The van der Waals surface area contributed by atoms with E-state index in [2.05, 4.69) is 26.1 Å². The van der Waals surface area contributed by atoms with Gasteiger partial charge in [0.05, 0.1) is 6.61 Å². The molecule has 0 atom stereocenters. The minimum atomic E-state index is 0.0167. The molecular formula is C11H25NO2. The Morgan fingerprint density at radius 2 is 2.00 bits per heavy atom. The van der Waals surface area contributed by atoms with Gasteiger partial charge in [0, 0.05) is 25.3 Å². The van der Waals surface area contributed by atoms with Gasteiger partial charge in [0.2, 0.25) is 0 Å². The van der Waals surface area contributed by atoms with Gasteiger partial charge in [-0.05, 0) is 26.7 Å². The molecule has 0 bridgehead atoms. The Kier molecular flexibility index (Phi) is 8.14. The lowest BCUT2D eigenvalue weighted by Crippen LogP contribution is -2.41. The van der Waals surface area contributed by atoms with Crippen molar-refractivity contribution in [3.05, 3.63) is 0 Å². The largest absolute Gasteiger partial charge is 0.396 e. The molecule has 0 aliphatic heterocycles. The highest BCUT2D eigenvalue weighted by Crippen LogP contribution is 2.05. The van der Waals surface area contributed by atoms with Crippen LogP contribution in [0.4, 0.5) is 0 Å². The summed E-state index contributed by atoms with van der Waals surface area (Å²) in [4.78, 5) is 0. The van der Waals surface area contributed by atoms with Crippen LogP contribution in [0.2, 0.25) is 0 Å². The molecule has 0 fully saturated rings. The van der Waals surface area contributed by atoms with E-state index in [-0.39, 0.29) is 12.1 Å². The van der Waals surface area contributed by atoms with Crippen LogP contribution in [0, 0.1) is 0 Å². The Hall–Kier alpha value is -0.120. The number of nitrogens with one attached hydrogen (secondary N) is 1. The average Bonchev–Trinajstić information content (AvgIpc) is 2.11. The lowest BCUT2D eigenvalue weighted by atomic mass is 10.0. The Morgan fingerprint density at radius 3 is 2.57 bits per heavy atom. The molecular weight excluding hydrogens is 178 g/mol. The molecule has 0 aliphatic rings. The van der Waals surface area contributed by atoms with E-state index in [9.17, 15) is 0 Å². The second-order valence-electron chi connectivity index (χ2n) is 4.25. The fourth-order valence-electron chi connectivity index (χ4n) is 1.18. The quantitative estimate of drug-likeness (QED) is 0.559. The molecule has 0 amide bonds. The van der Waals surface area contributed by atoms with Gasteiger partial charge >= 0.3 is 0 Å². The summed E-state index contributed by atoms with van der Waals surface area (Å²) in [6.45, 7) is 9.05. The Labute approximate surface area is 87.8 Å². The van der Waals surface area contributed by atoms with Crippen LogP contribution >= 0.6 is 0 Å². The van der Waals surface area contributed by atoms with Gasteiger partial charge in [-0.15, -0.1) is 0 Å². The van der Waals surface area contributed by atoms with Crippen LogP contribution in [-0.4, -0.2) is 37.0 Å². The molecule has 0 unspecified atom stereocenters. The van der Waals surface area contributed by atoms with E-state index in [0.717, 1.165) is 32.6 Å². The Balaban J connectivity index is 3.26. The van der Waals surface area contributed by atoms with Crippen molar-refractivity contribution in [2.75, 3.05) is 26.4 Å². The molecule has 0 spiro atoms. The predicted octanol–water partition coefficient (Wildman–Crippen LogP) is 1.55. The Bertz CT molecular complexity index is 126. The zero-order valence-corrected chi connectivity index (χ0v) is 9.81. The number of ether oxygens (including phenoxy) is 1. The average molecular weight is 203 g/mol. The fourth-order valence-corrected chi connectivity index (χ4v) is 1.18. The van der Waals surface area contributed by atoms with Gasteiger partial charge in [-0.3, -0.25) is 0 Å². The zero-order valence-electron chi connectivity index (χ0n) is 9.81. The third kappa shape index (κ3) is 8.48. The molecule has 0 saturated heterocycles. The van der Waals surface area contributed by atoms with Gasteiger partial charge < -0.3 is 15.2 Å². The summed E-state index contributed by atoms with van der Waals surface area (Å²) in [5.41, 5.74) is 0.0167. The van der Waals surface area contributed by atoms with Crippen molar-refractivity contribution in [1.82, 2.24) is 5.32 Å². The van der Waals surface area contributed by atoms with Gasteiger partial charge in [0.15, 0.2) is 0 Å². The molecule has 0 aromatic carbocycles. The molecule has 0 rings (SSSR count). The number of rotatable bonds is 9. The highest BCUT2D eigenvalue weighted by atomic mass is 16.5. The van der Waals surface area contributed by atoms with Crippen LogP contribution in [0.25, 0.3) is 0 Å².